The van der Waals surface area contributed by atoms with E-state index in [4.69, 9.17) is 14.5 Å². The van der Waals surface area contributed by atoms with E-state index in [2.05, 4.69) is 25.7 Å². The van der Waals surface area contributed by atoms with Gasteiger partial charge in [0.15, 0.2) is 5.13 Å². The topological polar surface area (TPSA) is 54.9 Å². The number of halogens is 1. The maximum atomic E-state index is 13.7. The SMILES string of the molecule is CCCCOc1cccc(C(=O)N(CCN(CC)CC)c2nc3c(OCC)cccc3s2)c1.Cl. The molecule has 0 radical (unpaired) electrons. The molecule has 0 saturated carbocycles. The normalized spacial score (nSPS) is 10.9. The number of fused-ring (bicyclic) bond motifs is 1. The predicted molar refractivity (Wildman–Crippen MR) is 144 cm³/mol. The molecule has 0 fully saturated rings. The number of hydrogen-bond donors (Lipinski definition) is 0. The summed E-state index contributed by atoms with van der Waals surface area (Å²) >= 11 is 1.52. The number of para-hydroxylation sites is 1. The van der Waals surface area contributed by atoms with Crippen molar-refractivity contribution in [1.82, 2.24) is 9.88 Å². The smallest absolute Gasteiger partial charge is 0.260 e. The van der Waals surface area contributed by atoms with Crippen molar-refractivity contribution in [3.63, 3.8) is 0 Å². The first-order chi connectivity index (χ1) is 16.1. The first-order valence-corrected chi connectivity index (χ1v) is 12.7. The summed E-state index contributed by atoms with van der Waals surface area (Å²) in [6.45, 7) is 12.8. The number of thiazole rings is 1. The second-order valence-corrected chi connectivity index (χ2v) is 8.75. The number of hydrogen-bond acceptors (Lipinski definition) is 6. The molecule has 1 aromatic heterocycles. The molecule has 0 aliphatic carbocycles. The van der Waals surface area contributed by atoms with Crippen LogP contribution in [0.15, 0.2) is 42.5 Å². The Morgan fingerprint density at radius 1 is 1.00 bits per heavy atom. The molecule has 0 spiro atoms. The van der Waals surface area contributed by atoms with E-state index in [1.807, 2.05) is 49.4 Å². The Hall–Kier alpha value is -2.35. The van der Waals surface area contributed by atoms with Gasteiger partial charge in [-0.1, -0.05) is 50.7 Å². The van der Waals surface area contributed by atoms with E-state index < -0.39 is 0 Å². The molecule has 1 heterocycles. The number of benzene rings is 2. The summed E-state index contributed by atoms with van der Waals surface area (Å²) in [5.74, 6) is 1.40. The van der Waals surface area contributed by atoms with Crippen LogP contribution in [0.1, 0.15) is 50.9 Å². The van der Waals surface area contributed by atoms with Gasteiger partial charge in [-0.25, -0.2) is 4.98 Å². The average Bonchev–Trinajstić information content (AvgIpc) is 3.27. The van der Waals surface area contributed by atoms with E-state index in [9.17, 15) is 4.79 Å². The third kappa shape index (κ3) is 7.08. The maximum Gasteiger partial charge on any atom is 0.260 e. The Labute approximate surface area is 213 Å². The van der Waals surface area contributed by atoms with E-state index in [1.165, 1.54) is 11.3 Å². The lowest BCUT2D eigenvalue weighted by molar-refractivity contribution is 0.0983. The number of anilines is 1. The van der Waals surface area contributed by atoms with Gasteiger partial charge in [0.1, 0.15) is 17.0 Å². The molecule has 8 heteroatoms. The molecule has 0 saturated heterocycles. The van der Waals surface area contributed by atoms with Crippen molar-refractivity contribution in [3.8, 4) is 11.5 Å². The number of unbranched alkanes of at least 4 members (excludes halogenated alkanes) is 1. The summed E-state index contributed by atoms with van der Waals surface area (Å²) in [6, 6.07) is 13.4. The predicted octanol–water partition coefficient (Wildman–Crippen LogP) is 6.28. The number of rotatable bonds is 13. The van der Waals surface area contributed by atoms with Crippen LogP contribution in [0.25, 0.3) is 10.2 Å². The highest BCUT2D eigenvalue weighted by Gasteiger charge is 2.23. The number of likely N-dealkylation sites (N-methyl/N-ethyl adjacent to an activating group) is 1. The van der Waals surface area contributed by atoms with Crippen LogP contribution in [0.3, 0.4) is 0 Å². The molecule has 0 atom stereocenters. The van der Waals surface area contributed by atoms with Crippen LogP contribution in [0.5, 0.6) is 11.5 Å². The number of carbonyl (C=O) groups is 1. The van der Waals surface area contributed by atoms with Crippen molar-refractivity contribution in [1.29, 1.82) is 0 Å². The lowest BCUT2D eigenvalue weighted by Gasteiger charge is -2.25. The van der Waals surface area contributed by atoms with Crippen LogP contribution in [0.4, 0.5) is 5.13 Å². The number of ether oxygens (including phenoxy) is 2. The van der Waals surface area contributed by atoms with E-state index >= 15 is 0 Å². The van der Waals surface area contributed by atoms with Gasteiger partial charge in [0.25, 0.3) is 5.91 Å². The molecule has 6 nitrogen and oxygen atoms in total. The van der Waals surface area contributed by atoms with Gasteiger partial charge in [0.05, 0.1) is 17.9 Å². The fourth-order valence-electron chi connectivity index (χ4n) is 3.57. The highest BCUT2D eigenvalue weighted by molar-refractivity contribution is 7.22. The van der Waals surface area contributed by atoms with Crippen molar-refractivity contribution >= 4 is 45.0 Å². The molecule has 0 aliphatic rings. The molecule has 3 rings (SSSR count). The van der Waals surface area contributed by atoms with Gasteiger partial charge in [0, 0.05) is 18.7 Å². The highest BCUT2D eigenvalue weighted by atomic mass is 35.5. The molecular formula is C26H36ClN3O3S. The van der Waals surface area contributed by atoms with Crippen LogP contribution in [0, 0.1) is 0 Å². The van der Waals surface area contributed by atoms with E-state index in [-0.39, 0.29) is 18.3 Å². The minimum Gasteiger partial charge on any atom is -0.494 e. The molecule has 0 N–H and O–H groups in total. The quantitative estimate of drug-likeness (QED) is 0.256. The summed E-state index contributed by atoms with van der Waals surface area (Å²) in [4.78, 5) is 22.6. The zero-order valence-electron chi connectivity index (χ0n) is 20.6. The minimum absolute atomic E-state index is 0. The summed E-state index contributed by atoms with van der Waals surface area (Å²) in [6.07, 6.45) is 2.06. The van der Waals surface area contributed by atoms with Gasteiger partial charge < -0.3 is 14.4 Å². The van der Waals surface area contributed by atoms with Crippen LogP contribution >= 0.6 is 23.7 Å². The van der Waals surface area contributed by atoms with Gasteiger partial charge in [-0.05, 0) is 56.8 Å². The Balaban J connectivity index is 0.00000408. The average molecular weight is 506 g/mol. The Morgan fingerprint density at radius 3 is 2.47 bits per heavy atom. The van der Waals surface area contributed by atoms with Gasteiger partial charge >= 0.3 is 0 Å². The number of nitrogens with zero attached hydrogens (tertiary/aromatic N) is 3. The minimum atomic E-state index is -0.0693. The fraction of sp³-hybridized carbons (Fsp3) is 0.462. The monoisotopic (exact) mass is 505 g/mol. The zero-order valence-corrected chi connectivity index (χ0v) is 22.2. The maximum absolute atomic E-state index is 13.7. The molecule has 0 unspecified atom stereocenters. The number of amides is 1. The third-order valence-electron chi connectivity index (χ3n) is 5.53. The molecule has 0 aliphatic heterocycles. The van der Waals surface area contributed by atoms with Gasteiger partial charge in [-0.15, -0.1) is 12.4 Å². The molecule has 186 valence electrons. The van der Waals surface area contributed by atoms with Crippen molar-refractivity contribution in [2.75, 3.05) is 44.3 Å². The summed E-state index contributed by atoms with van der Waals surface area (Å²) < 4.78 is 12.6. The van der Waals surface area contributed by atoms with Gasteiger partial charge in [-0.3, -0.25) is 9.69 Å². The number of aromatic nitrogens is 1. The summed E-state index contributed by atoms with van der Waals surface area (Å²) in [7, 11) is 0. The standard InChI is InChI=1S/C26H35N3O3S.ClH/c1-5-9-18-32-21-13-10-12-20(19-21)25(30)29(17-16-28(6-2)7-3)26-27-24-22(31-8-4)14-11-15-23(24)33-26;/h10-15,19H,5-9,16-18H2,1-4H3;1H. The number of carbonyl (C=O) groups excluding carboxylic acids is 1. The second kappa shape index (κ2) is 14.1. The van der Waals surface area contributed by atoms with Crippen molar-refractivity contribution in [3.05, 3.63) is 48.0 Å². The van der Waals surface area contributed by atoms with Crippen molar-refractivity contribution < 1.29 is 14.3 Å². The summed E-state index contributed by atoms with van der Waals surface area (Å²) in [5.41, 5.74) is 1.41. The van der Waals surface area contributed by atoms with E-state index in [0.29, 0.717) is 30.5 Å². The lowest BCUT2D eigenvalue weighted by atomic mass is 10.2. The van der Waals surface area contributed by atoms with E-state index in [0.717, 1.165) is 54.2 Å². The first-order valence-electron chi connectivity index (χ1n) is 11.9. The highest BCUT2D eigenvalue weighted by Crippen LogP contribution is 2.35. The fourth-order valence-corrected chi connectivity index (χ4v) is 4.58. The van der Waals surface area contributed by atoms with Crippen molar-refractivity contribution in [2.45, 2.75) is 40.5 Å². The zero-order chi connectivity index (χ0) is 23.6. The second-order valence-electron chi connectivity index (χ2n) is 7.75. The van der Waals surface area contributed by atoms with Crippen molar-refractivity contribution in [2.24, 2.45) is 0 Å². The molecule has 0 bridgehead atoms. The summed E-state index contributed by atoms with van der Waals surface area (Å²) in [5, 5.41) is 0.687. The van der Waals surface area contributed by atoms with Gasteiger partial charge in [0.2, 0.25) is 0 Å². The van der Waals surface area contributed by atoms with Crippen LogP contribution in [0.2, 0.25) is 0 Å². The Bertz CT molecular complexity index is 1040. The molecule has 3 aromatic rings. The molecule has 34 heavy (non-hydrogen) atoms. The Kier molecular flexibility index (Phi) is 11.6. The molecule has 2 aromatic carbocycles. The van der Waals surface area contributed by atoms with Gasteiger partial charge in [-0.2, -0.15) is 0 Å². The Morgan fingerprint density at radius 2 is 1.76 bits per heavy atom. The molecular weight excluding hydrogens is 470 g/mol. The third-order valence-corrected chi connectivity index (χ3v) is 6.57. The van der Waals surface area contributed by atoms with E-state index in [1.54, 1.807) is 4.90 Å². The largest absolute Gasteiger partial charge is 0.494 e. The van der Waals surface area contributed by atoms with Crippen LogP contribution in [-0.2, 0) is 0 Å². The lowest BCUT2D eigenvalue weighted by Crippen LogP contribution is -2.38. The molecule has 1 amide bonds. The van der Waals surface area contributed by atoms with Crippen LogP contribution < -0.4 is 14.4 Å². The first kappa shape index (κ1) is 27.9. The van der Waals surface area contributed by atoms with Crippen LogP contribution in [-0.4, -0.2) is 55.2 Å².